The molecule has 2 aliphatic carbocycles. The number of fused-ring (bicyclic) bond motifs is 5. The Balaban J connectivity index is 1.42. The van der Waals surface area contributed by atoms with E-state index in [9.17, 15) is 19.2 Å². The van der Waals surface area contributed by atoms with Crippen molar-refractivity contribution in [2.75, 3.05) is 0 Å². The molecule has 5 rings (SSSR count). The lowest BCUT2D eigenvalue weighted by molar-refractivity contribution is -0.126. The molecular formula is C24H22FN3O2. The molecule has 0 spiro atoms. The quantitative estimate of drug-likeness (QED) is 0.650. The molecule has 3 aromatic rings. The van der Waals surface area contributed by atoms with Gasteiger partial charge in [-0.2, -0.15) is 5.26 Å². The van der Waals surface area contributed by atoms with Crippen LogP contribution in [0.3, 0.4) is 0 Å². The Hall–Kier alpha value is -3.20. The van der Waals surface area contributed by atoms with Crippen LogP contribution in [0.5, 0.6) is 0 Å². The van der Waals surface area contributed by atoms with Gasteiger partial charge in [0, 0.05) is 28.6 Å². The minimum absolute atomic E-state index is 0.0249. The van der Waals surface area contributed by atoms with E-state index in [1.165, 1.54) is 18.6 Å². The summed E-state index contributed by atoms with van der Waals surface area (Å²) in [7, 11) is 0. The van der Waals surface area contributed by atoms with E-state index >= 15 is 0 Å². The van der Waals surface area contributed by atoms with Crippen molar-refractivity contribution in [3.8, 4) is 6.07 Å². The van der Waals surface area contributed by atoms with Gasteiger partial charge in [-0.3, -0.25) is 9.59 Å². The second kappa shape index (κ2) is 7.24. The zero-order chi connectivity index (χ0) is 20.8. The zero-order valence-corrected chi connectivity index (χ0v) is 16.5. The molecule has 2 saturated carbocycles. The van der Waals surface area contributed by atoms with Crippen LogP contribution < -0.4 is 10.9 Å². The number of hydrogen-bond donors (Lipinski definition) is 2. The molecule has 2 aromatic carbocycles. The van der Waals surface area contributed by atoms with Gasteiger partial charge in [0.25, 0.3) is 5.56 Å². The van der Waals surface area contributed by atoms with Gasteiger partial charge in [-0.05, 0) is 60.2 Å². The highest BCUT2D eigenvalue weighted by Gasteiger charge is 2.43. The van der Waals surface area contributed by atoms with Crippen LogP contribution in [-0.2, 0) is 11.2 Å². The first kappa shape index (κ1) is 18.8. The number of rotatable bonds is 4. The molecule has 2 aliphatic rings. The fourth-order valence-corrected chi connectivity index (χ4v) is 5.40. The largest absolute Gasteiger partial charge is 0.340 e. The van der Waals surface area contributed by atoms with Gasteiger partial charge in [0.2, 0.25) is 5.91 Å². The third-order valence-electron chi connectivity index (χ3n) is 6.87. The molecule has 2 bridgehead atoms. The summed E-state index contributed by atoms with van der Waals surface area (Å²) in [6, 6.07) is 11.4. The molecule has 152 valence electrons. The molecule has 30 heavy (non-hydrogen) atoms. The van der Waals surface area contributed by atoms with E-state index in [0.717, 1.165) is 24.6 Å². The van der Waals surface area contributed by atoms with Crippen molar-refractivity contribution < 1.29 is 9.18 Å². The van der Waals surface area contributed by atoms with Crippen LogP contribution in [-0.4, -0.2) is 16.9 Å². The number of pyridine rings is 1. The summed E-state index contributed by atoms with van der Waals surface area (Å²) in [6.07, 6.45) is 4.29. The van der Waals surface area contributed by atoms with Crippen molar-refractivity contribution in [1.29, 1.82) is 5.26 Å². The first-order chi connectivity index (χ1) is 14.5. The zero-order valence-electron chi connectivity index (χ0n) is 16.5. The van der Waals surface area contributed by atoms with Crippen LogP contribution in [0.15, 0.2) is 41.2 Å². The number of aromatic amines is 1. The molecule has 0 aliphatic heterocycles. The number of nitrogens with one attached hydrogen (secondary N) is 2. The second-order valence-corrected chi connectivity index (χ2v) is 8.66. The predicted octanol–water partition coefficient (Wildman–Crippen LogP) is 3.81. The van der Waals surface area contributed by atoms with Gasteiger partial charge in [0.1, 0.15) is 11.9 Å². The lowest BCUT2D eigenvalue weighted by Crippen LogP contribution is -2.41. The summed E-state index contributed by atoms with van der Waals surface area (Å²) in [4.78, 5) is 28.0. The van der Waals surface area contributed by atoms with Gasteiger partial charge >= 0.3 is 0 Å². The number of hydrogen-bond acceptors (Lipinski definition) is 3. The molecular weight excluding hydrogens is 381 g/mol. The van der Waals surface area contributed by atoms with Crippen LogP contribution >= 0.6 is 0 Å². The maximum Gasteiger partial charge on any atom is 0.256 e. The highest BCUT2D eigenvalue weighted by atomic mass is 19.1. The Morgan fingerprint density at radius 2 is 2.03 bits per heavy atom. The molecule has 2 fully saturated rings. The summed E-state index contributed by atoms with van der Waals surface area (Å²) in [5.41, 5.74) is 0.600. The number of carbonyl (C=O) groups excluding carboxylic acids is 1. The topological polar surface area (TPSA) is 85.8 Å². The van der Waals surface area contributed by atoms with E-state index < -0.39 is 11.9 Å². The Morgan fingerprint density at radius 3 is 2.77 bits per heavy atom. The number of para-hydroxylation sites is 1. The van der Waals surface area contributed by atoms with Crippen molar-refractivity contribution in [1.82, 2.24) is 10.3 Å². The number of amides is 1. The Morgan fingerprint density at radius 1 is 1.20 bits per heavy atom. The summed E-state index contributed by atoms with van der Waals surface area (Å²) in [5.74, 6) is 0.436. The summed E-state index contributed by atoms with van der Waals surface area (Å²) < 4.78 is 14.9. The lowest BCUT2D eigenvalue weighted by atomic mass is 9.88. The Bertz CT molecular complexity index is 1260. The first-order valence-corrected chi connectivity index (χ1v) is 10.5. The van der Waals surface area contributed by atoms with Gasteiger partial charge in [-0.1, -0.05) is 24.6 Å². The lowest BCUT2D eigenvalue weighted by Gasteiger charge is -2.22. The number of halogens is 1. The third kappa shape index (κ3) is 3.15. The fourth-order valence-electron chi connectivity index (χ4n) is 5.40. The van der Waals surface area contributed by atoms with Gasteiger partial charge in [0.15, 0.2) is 0 Å². The number of H-pyrrole nitrogens is 1. The minimum Gasteiger partial charge on any atom is -0.340 e. The standard InChI is InChI=1S/C24H22FN3O2/c25-21-11-19-17-3-1-2-4-22(17)28-24(30)20(19)10-15(21)9-16(12-26)27-23(29)18-8-13-5-6-14(18)7-13/h1-4,10-11,13-14,16,18H,5-9H2,(H,27,29)(H,28,30)/t13-,14+,16?,18+/m1/s1. The van der Waals surface area contributed by atoms with Gasteiger partial charge in [0.05, 0.1) is 6.07 Å². The van der Waals surface area contributed by atoms with E-state index in [1.54, 1.807) is 6.07 Å². The summed E-state index contributed by atoms with van der Waals surface area (Å²) in [6.45, 7) is 0. The number of aromatic nitrogens is 1. The van der Waals surface area contributed by atoms with Crippen molar-refractivity contribution in [3.63, 3.8) is 0 Å². The summed E-state index contributed by atoms with van der Waals surface area (Å²) >= 11 is 0. The number of benzene rings is 2. The maximum absolute atomic E-state index is 14.9. The number of nitriles is 1. The Kier molecular flexibility index (Phi) is 4.54. The molecule has 1 unspecified atom stereocenters. The SMILES string of the molecule is N#CC(Cc1cc2c(=O)[nH]c3ccccc3c2cc1F)NC(=O)[C@H]1C[C@@H]2CC[C@H]1C2. The van der Waals surface area contributed by atoms with Crippen LogP contribution in [0, 0.1) is 34.9 Å². The Labute approximate surface area is 172 Å². The van der Waals surface area contributed by atoms with Gasteiger partial charge in [-0.25, -0.2) is 4.39 Å². The summed E-state index contributed by atoms with van der Waals surface area (Å²) in [5, 5.41) is 14.0. The van der Waals surface area contributed by atoms with E-state index in [4.69, 9.17) is 0 Å². The highest BCUT2D eigenvalue weighted by Crippen LogP contribution is 2.48. The highest BCUT2D eigenvalue weighted by molar-refractivity contribution is 6.05. The van der Waals surface area contributed by atoms with E-state index in [0.29, 0.717) is 28.1 Å². The van der Waals surface area contributed by atoms with Gasteiger partial charge in [-0.15, -0.1) is 0 Å². The number of nitrogens with zero attached hydrogens (tertiary/aromatic N) is 1. The van der Waals surface area contributed by atoms with Crippen molar-refractivity contribution in [2.24, 2.45) is 17.8 Å². The van der Waals surface area contributed by atoms with Crippen molar-refractivity contribution >= 4 is 27.6 Å². The average Bonchev–Trinajstić information content (AvgIpc) is 3.38. The molecule has 1 amide bonds. The molecule has 4 atom stereocenters. The molecule has 6 heteroatoms. The van der Waals surface area contributed by atoms with Crippen LogP contribution in [0.4, 0.5) is 4.39 Å². The minimum atomic E-state index is -0.830. The molecule has 5 nitrogen and oxygen atoms in total. The van der Waals surface area contributed by atoms with E-state index in [-0.39, 0.29) is 29.4 Å². The monoisotopic (exact) mass is 403 g/mol. The molecule has 1 aromatic heterocycles. The number of carbonyl (C=O) groups is 1. The van der Waals surface area contributed by atoms with Crippen molar-refractivity contribution in [2.45, 2.75) is 38.1 Å². The van der Waals surface area contributed by atoms with Crippen molar-refractivity contribution in [3.05, 3.63) is 58.1 Å². The van der Waals surface area contributed by atoms with E-state index in [1.807, 2.05) is 18.2 Å². The second-order valence-electron chi connectivity index (χ2n) is 8.66. The van der Waals surface area contributed by atoms with Crippen LogP contribution in [0.2, 0.25) is 0 Å². The maximum atomic E-state index is 14.9. The average molecular weight is 403 g/mol. The first-order valence-electron chi connectivity index (χ1n) is 10.5. The predicted molar refractivity (Wildman–Crippen MR) is 112 cm³/mol. The van der Waals surface area contributed by atoms with Crippen LogP contribution in [0.1, 0.15) is 31.2 Å². The van der Waals surface area contributed by atoms with Crippen LogP contribution in [0.25, 0.3) is 21.7 Å². The van der Waals surface area contributed by atoms with Gasteiger partial charge < -0.3 is 10.3 Å². The molecule has 0 radical (unpaired) electrons. The third-order valence-corrected chi connectivity index (χ3v) is 6.87. The normalized spacial score (nSPS) is 23.5. The smallest absolute Gasteiger partial charge is 0.256 e. The fraction of sp³-hybridized carbons (Fsp3) is 0.375. The van der Waals surface area contributed by atoms with E-state index in [2.05, 4.69) is 16.4 Å². The molecule has 0 saturated heterocycles. The molecule has 2 N–H and O–H groups in total. The molecule has 1 heterocycles.